The molecule has 1 aliphatic rings. The van der Waals surface area contributed by atoms with Crippen LogP contribution in [-0.4, -0.2) is 46.7 Å². The van der Waals surface area contributed by atoms with Gasteiger partial charge < -0.3 is 10.2 Å². The first-order chi connectivity index (χ1) is 8.76. The summed E-state index contributed by atoms with van der Waals surface area (Å²) < 4.78 is 0. The van der Waals surface area contributed by atoms with Crippen LogP contribution in [0.25, 0.3) is 0 Å². The van der Waals surface area contributed by atoms with Gasteiger partial charge in [0.15, 0.2) is 0 Å². The average Bonchev–Trinajstić information content (AvgIpc) is 2.92. The Balaban J connectivity index is 1.99. The molecule has 1 aromatic rings. The maximum atomic E-state index is 12.2. The number of carbonyl (C=O) groups is 1. The van der Waals surface area contributed by atoms with Crippen molar-refractivity contribution >= 4 is 5.91 Å². The zero-order valence-corrected chi connectivity index (χ0v) is 11.1. The van der Waals surface area contributed by atoms with Crippen molar-refractivity contribution in [2.24, 2.45) is 5.92 Å². The number of amides is 1. The summed E-state index contributed by atoms with van der Waals surface area (Å²) in [6.45, 7) is 7.00. The number of carbonyl (C=O) groups excluding carboxylic acids is 1. The first-order valence-electron chi connectivity index (χ1n) is 6.77. The summed E-state index contributed by atoms with van der Waals surface area (Å²) >= 11 is 0. The van der Waals surface area contributed by atoms with E-state index in [2.05, 4.69) is 29.4 Å². The molecular formula is C13H22N4O. The van der Waals surface area contributed by atoms with Crippen LogP contribution in [0, 0.1) is 5.92 Å². The van der Waals surface area contributed by atoms with Crippen LogP contribution in [0.2, 0.25) is 0 Å². The van der Waals surface area contributed by atoms with Gasteiger partial charge in [-0.05, 0) is 18.9 Å². The lowest BCUT2D eigenvalue weighted by Gasteiger charge is -2.38. The minimum Gasteiger partial charge on any atom is -0.338 e. The molecule has 2 unspecified atom stereocenters. The Morgan fingerprint density at radius 1 is 1.61 bits per heavy atom. The summed E-state index contributed by atoms with van der Waals surface area (Å²) in [5.41, 5.74) is 0.659. The normalized spacial score (nSPS) is 24.2. The summed E-state index contributed by atoms with van der Waals surface area (Å²) in [6, 6.07) is 0.549. The Kier molecular flexibility index (Phi) is 4.36. The summed E-state index contributed by atoms with van der Waals surface area (Å²) in [6.07, 6.45) is 5.40. The van der Waals surface area contributed by atoms with E-state index in [0.717, 1.165) is 32.5 Å². The highest BCUT2D eigenvalue weighted by Gasteiger charge is 2.30. The molecule has 5 nitrogen and oxygen atoms in total. The molecule has 2 N–H and O–H groups in total. The number of H-pyrrole nitrogens is 1. The lowest BCUT2D eigenvalue weighted by atomic mass is 9.89. The molecule has 0 bridgehead atoms. The fourth-order valence-electron chi connectivity index (χ4n) is 2.71. The number of aromatic amines is 1. The molecule has 1 aliphatic heterocycles. The highest BCUT2D eigenvalue weighted by molar-refractivity contribution is 5.93. The van der Waals surface area contributed by atoms with Crippen molar-refractivity contribution in [1.29, 1.82) is 0 Å². The van der Waals surface area contributed by atoms with Gasteiger partial charge in [0.25, 0.3) is 5.91 Å². The summed E-state index contributed by atoms with van der Waals surface area (Å²) in [5.74, 6) is 0.645. The van der Waals surface area contributed by atoms with Crippen molar-refractivity contribution in [1.82, 2.24) is 20.4 Å². The third-order valence-electron chi connectivity index (χ3n) is 3.76. The number of hydrogen-bond acceptors (Lipinski definition) is 3. The Morgan fingerprint density at radius 3 is 3.06 bits per heavy atom. The SMILES string of the molecule is CCNC1CCN(C(=O)c2cn[nH]c2)CC1CC. The molecule has 2 heterocycles. The largest absolute Gasteiger partial charge is 0.338 e. The van der Waals surface area contributed by atoms with Gasteiger partial charge in [-0.15, -0.1) is 0 Å². The van der Waals surface area contributed by atoms with Crippen LogP contribution in [0.15, 0.2) is 12.4 Å². The average molecular weight is 250 g/mol. The lowest BCUT2D eigenvalue weighted by molar-refractivity contribution is 0.0628. The van der Waals surface area contributed by atoms with E-state index in [1.807, 2.05) is 4.90 Å². The maximum Gasteiger partial charge on any atom is 0.257 e. The molecule has 1 amide bonds. The van der Waals surface area contributed by atoms with Crippen molar-refractivity contribution in [2.75, 3.05) is 19.6 Å². The van der Waals surface area contributed by atoms with Crippen molar-refractivity contribution in [3.05, 3.63) is 18.0 Å². The first-order valence-corrected chi connectivity index (χ1v) is 6.77. The quantitative estimate of drug-likeness (QED) is 0.845. The highest BCUT2D eigenvalue weighted by atomic mass is 16.2. The number of likely N-dealkylation sites (tertiary alicyclic amines) is 1. The summed E-state index contributed by atoms with van der Waals surface area (Å²) in [5, 5.41) is 10.1. The molecule has 0 aromatic carbocycles. The Morgan fingerprint density at radius 2 is 2.44 bits per heavy atom. The smallest absolute Gasteiger partial charge is 0.257 e. The highest BCUT2D eigenvalue weighted by Crippen LogP contribution is 2.21. The topological polar surface area (TPSA) is 61.0 Å². The van der Waals surface area contributed by atoms with Gasteiger partial charge in [-0.1, -0.05) is 20.3 Å². The minimum absolute atomic E-state index is 0.0946. The van der Waals surface area contributed by atoms with Gasteiger partial charge in [0.1, 0.15) is 0 Å². The Hall–Kier alpha value is -1.36. The van der Waals surface area contributed by atoms with Gasteiger partial charge in [0.05, 0.1) is 11.8 Å². The number of nitrogens with zero attached hydrogens (tertiary/aromatic N) is 2. The standard InChI is InChI=1S/C13H22N4O/c1-3-10-9-17(6-5-12(10)14-4-2)13(18)11-7-15-16-8-11/h7-8,10,12,14H,3-6,9H2,1-2H3,(H,15,16). The van der Waals surface area contributed by atoms with Crippen LogP contribution in [0.5, 0.6) is 0 Å². The number of piperidine rings is 1. The second-order valence-corrected chi connectivity index (χ2v) is 4.86. The van der Waals surface area contributed by atoms with E-state index in [-0.39, 0.29) is 5.91 Å². The third-order valence-corrected chi connectivity index (χ3v) is 3.76. The van der Waals surface area contributed by atoms with Gasteiger partial charge in [-0.25, -0.2) is 0 Å². The molecule has 2 atom stereocenters. The monoisotopic (exact) mass is 250 g/mol. The van der Waals surface area contributed by atoms with E-state index in [4.69, 9.17) is 0 Å². The minimum atomic E-state index is 0.0946. The molecule has 0 saturated carbocycles. The number of nitrogens with one attached hydrogen (secondary N) is 2. The first kappa shape index (κ1) is 13.1. The van der Waals surface area contributed by atoms with Gasteiger partial charge >= 0.3 is 0 Å². The van der Waals surface area contributed by atoms with Crippen LogP contribution >= 0.6 is 0 Å². The molecule has 0 aliphatic carbocycles. The van der Waals surface area contributed by atoms with Crippen molar-refractivity contribution in [3.8, 4) is 0 Å². The molecule has 5 heteroatoms. The summed E-state index contributed by atoms with van der Waals surface area (Å²) in [4.78, 5) is 14.2. The van der Waals surface area contributed by atoms with Crippen LogP contribution < -0.4 is 5.32 Å². The molecule has 18 heavy (non-hydrogen) atoms. The van der Waals surface area contributed by atoms with Crippen LogP contribution in [0.1, 0.15) is 37.0 Å². The van der Waals surface area contributed by atoms with E-state index < -0.39 is 0 Å². The third kappa shape index (κ3) is 2.72. The fourth-order valence-corrected chi connectivity index (χ4v) is 2.71. The van der Waals surface area contributed by atoms with E-state index in [1.54, 1.807) is 12.4 Å². The fraction of sp³-hybridized carbons (Fsp3) is 0.692. The summed E-state index contributed by atoms with van der Waals surface area (Å²) in [7, 11) is 0. The zero-order valence-electron chi connectivity index (χ0n) is 11.1. The second kappa shape index (κ2) is 6.00. The van der Waals surface area contributed by atoms with E-state index in [1.165, 1.54) is 0 Å². The number of hydrogen-bond donors (Lipinski definition) is 2. The van der Waals surface area contributed by atoms with Crippen molar-refractivity contribution < 1.29 is 4.79 Å². The van der Waals surface area contributed by atoms with Crippen molar-refractivity contribution in [3.63, 3.8) is 0 Å². The molecule has 0 spiro atoms. The van der Waals surface area contributed by atoms with E-state index in [9.17, 15) is 4.79 Å². The van der Waals surface area contributed by atoms with Crippen molar-refractivity contribution in [2.45, 2.75) is 32.7 Å². The molecule has 1 fully saturated rings. The van der Waals surface area contributed by atoms with Crippen LogP contribution in [0.3, 0.4) is 0 Å². The van der Waals surface area contributed by atoms with Gasteiger partial charge in [0.2, 0.25) is 0 Å². The molecule has 2 rings (SSSR count). The molecule has 1 saturated heterocycles. The van der Waals surface area contributed by atoms with E-state index in [0.29, 0.717) is 17.5 Å². The van der Waals surface area contributed by atoms with Gasteiger partial charge in [-0.3, -0.25) is 9.89 Å². The van der Waals surface area contributed by atoms with E-state index >= 15 is 0 Å². The Labute approximate surface area is 108 Å². The zero-order chi connectivity index (χ0) is 13.0. The van der Waals surface area contributed by atoms with Crippen LogP contribution in [-0.2, 0) is 0 Å². The lowest BCUT2D eigenvalue weighted by Crippen LogP contribution is -2.50. The molecule has 100 valence electrons. The maximum absolute atomic E-state index is 12.2. The number of rotatable bonds is 4. The predicted molar refractivity (Wildman–Crippen MR) is 70.4 cm³/mol. The van der Waals surface area contributed by atoms with Crippen LogP contribution in [0.4, 0.5) is 0 Å². The van der Waals surface area contributed by atoms with Gasteiger partial charge in [0, 0.05) is 25.3 Å². The molecular weight excluding hydrogens is 228 g/mol. The predicted octanol–water partition coefficient (Wildman–Crippen LogP) is 1.26. The molecule has 1 aromatic heterocycles. The number of aromatic nitrogens is 2. The Bertz CT molecular complexity index is 376. The molecule has 0 radical (unpaired) electrons. The van der Waals surface area contributed by atoms with Gasteiger partial charge in [-0.2, -0.15) is 5.10 Å². The second-order valence-electron chi connectivity index (χ2n) is 4.86.